The van der Waals surface area contributed by atoms with Gasteiger partial charge in [-0.1, -0.05) is 26.2 Å². The first-order valence-corrected chi connectivity index (χ1v) is 6.49. The highest BCUT2D eigenvalue weighted by Crippen LogP contribution is 2.31. The summed E-state index contributed by atoms with van der Waals surface area (Å²) in [6, 6.07) is 4.20. The molecule has 1 saturated carbocycles. The second-order valence-electron chi connectivity index (χ2n) is 4.60. The normalized spacial score (nSPS) is 17.3. The Morgan fingerprint density at radius 3 is 2.69 bits per heavy atom. The third kappa shape index (κ3) is 2.97. The Balaban J connectivity index is 1.95. The van der Waals surface area contributed by atoms with E-state index in [-0.39, 0.29) is 0 Å². The molecule has 0 amide bonds. The molecule has 1 aromatic heterocycles. The molecule has 88 valence electrons. The van der Waals surface area contributed by atoms with E-state index in [4.69, 9.17) is 4.74 Å². The van der Waals surface area contributed by atoms with E-state index in [1.54, 1.807) is 0 Å². The summed E-state index contributed by atoms with van der Waals surface area (Å²) in [6.45, 7) is 2.90. The van der Waals surface area contributed by atoms with Gasteiger partial charge in [-0.3, -0.25) is 4.98 Å². The average molecular weight is 219 g/mol. The lowest BCUT2D eigenvalue weighted by Gasteiger charge is -2.20. The molecule has 0 atom stereocenters. The van der Waals surface area contributed by atoms with Crippen LogP contribution in [0.1, 0.15) is 57.1 Å². The van der Waals surface area contributed by atoms with Gasteiger partial charge in [-0.15, -0.1) is 0 Å². The van der Waals surface area contributed by atoms with Crippen LogP contribution < -0.4 is 4.74 Å². The van der Waals surface area contributed by atoms with Crippen LogP contribution >= 0.6 is 0 Å². The molecule has 0 spiro atoms. The lowest BCUT2D eigenvalue weighted by Crippen LogP contribution is -2.06. The standard InChI is InChI=1S/C14H21NO/c1-2-10-16-13-8-9-14(15-11-13)12-6-4-3-5-7-12/h8-9,11-12H,2-7,10H2,1H3. The van der Waals surface area contributed by atoms with Crippen LogP contribution in [0.15, 0.2) is 18.3 Å². The zero-order valence-corrected chi connectivity index (χ0v) is 10.1. The Morgan fingerprint density at radius 2 is 2.06 bits per heavy atom. The average Bonchev–Trinajstić information content (AvgIpc) is 2.38. The van der Waals surface area contributed by atoms with Crippen molar-refractivity contribution in [1.29, 1.82) is 0 Å². The van der Waals surface area contributed by atoms with E-state index in [0.717, 1.165) is 18.8 Å². The molecule has 1 heterocycles. The minimum atomic E-state index is 0.689. The van der Waals surface area contributed by atoms with Crippen LogP contribution in [0.2, 0.25) is 0 Å². The van der Waals surface area contributed by atoms with Crippen LogP contribution in [0.5, 0.6) is 5.75 Å². The number of hydrogen-bond donors (Lipinski definition) is 0. The van der Waals surface area contributed by atoms with Gasteiger partial charge < -0.3 is 4.74 Å². The second kappa shape index (κ2) is 5.88. The minimum Gasteiger partial charge on any atom is -0.492 e. The molecule has 0 bridgehead atoms. The van der Waals surface area contributed by atoms with E-state index in [2.05, 4.69) is 24.0 Å². The minimum absolute atomic E-state index is 0.689. The molecule has 0 aliphatic heterocycles. The predicted octanol–water partition coefficient (Wildman–Crippen LogP) is 3.92. The van der Waals surface area contributed by atoms with Gasteiger partial charge in [0.1, 0.15) is 5.75 Å². The number of aromatic nitrogens is 1. The third-order valence-corrected chi connectivity index (χ3v) is 3.26. The van der Waals surface area contributed by atoms with Gasteiger partial charge in [0.05, 0.1) is 12.8 Å². The van der Waals surface area contributed by atoms with Gasteiger partial charge in [0.2, 0.25) is 0 Å². The van der Waals surface area contributed by atoms with Gasteiger partial charge in [-0.05, 0) is 31.4 Å². The summed E-state index contributed by atoms with van der Waals surface area (Å²) in [5.74, 6) is 1.59. The molecule has 0 aromatic carbocycles. The van der Waals surface area contributed by atoms with Crippen molar-refractivity contribution >= 4 is 0 Å². The number of ether oxygens (including phenoxy) is 1. The topological polar surface area (TPSA) is 22.1 Å². The first kappa shape index (κ1) is 11.4. The molecule has 2 heteroatoms. The van der Waals surface area contributed by atoms with Gasteiger partial charge in [-0.25, -0.2) is 0 Å². The van der Waals surface area contributed by atoms with Crippen molar-refractivity contribution in [2.24, 2.45) is 0 Å². The highest BCUT2D eigenvalue weighted by molar-refractivity contribution is 5.22. The lowest BCUT2D eigenvalue weighted by atomic mass is 9.87. The van der Waals surface area contributed by atoms with Crippen molar-refractivity contribution in [3.8, 4) is 5.75 Å². The van der Waals surface area contributed by atoms with E-state index in [1.165, 1.54) is 37.8 Å². The molecular weight excluding hydrogens is 198 g/mol. The summed E-state index contributed by atoms with van der Waals surface area (Å²) in [5, 5.41) is 0. The van der Waals surface area contributed by atoms with Gasteiger partial charge in [-0.2, -0.15) is 0 Å². The Kier molecular flexibility index (Phi) is 4.20. The molecule has 0 radical (unpaired) electrons. The van der Waals surface area contributed by atoms with Crippen LogP contribution in [-0.4, -0.2) is 11.6 Å². The van der Waals surface area contributed by atoms with E-state index in [1.807, 2.05) is 6.20 Å². The Hall–Kier alpha value is -1.05. The fourth-order valence-corrected chi connectivity index (χ4v) is 2.34. The number of rotatable bonds is 4. The zero-order valence-electron chi connectivity index (χ0n) is 10.1. The van der Waals surface area contributed by atoms with E-state index in [0.29, 0.717) is 5.92 Å². The fourth-order valence-electron chi connectivity index (χ4n) is 2.34. The van der Waals surface area contributed by atoms with Crippen LogP contribution in [0.4, 0.5) is 0 Å². The maximum Gasteiger partial charge on any atom is 0.137 e. The summed E-state index contributed by atoms with van der Waals surface area (Å²) < 4.78 is 5.53. The van der Waals surface area contributed by atoms with Crippen LogP contribution in [0.25, 0.3) is 0 Å². The largest absolute Gasteiger partial charge is 0.492 e. The van der Waals surface area contributed by atoms with Crippen molar-refractivity contribution in [1.82, 2.24) is 4.98 Å². The molecule has 0 saturated heterocycles. The summed E-state index contributed by atoms with van der Waals surface area (Å²) in [7, 11) is 0. The highest BCUT2D eigenvalue weighted by atomic mass is 16.5. The van der Waals surface area contributed by atoms with Crippen molar-refractivity contribution in [2.45, 2.75) is 51.4 Å². The van der Waals surface area contributed by atoms with Crippen molar-refractivity contribution in [2.75, 3.05) is 6.61 Å². The molecule has 16 heavy (non-hydrogen) atoms. The zero-order chi connectivity index (χ0) is 11.2. The number of nitrogens with zero attached hydrogens (tertiary/aromatic N) is 1. The summed E-state index contributed by atoms with van der Waals surface area (Å²) in [4.78, 5) is 4.53. The van der Waals surface area contributed by atoms with Crippen molar-refractivity contribution in [3.63, 3.8) is 0 Å². The molecule has 2 nitrogen and oxygen atoms in total. The summed E-state index contributed by atoms with van der Waals surface area (Å²) in [6.07, 6.45) is 9.66. The molecule has 1 aliphatic rings. The van der Waals surface area contributed by atoms with Crippen LogP contribution in [0.3, 0.4) is 0 Å². The highest BCUT2D eigenvalue weighted by Gasteiger charge is 2.16. The molecule has 1 fully saturated rings. The third-order valence-electron chi connectivity index (χ3n) is 3.26. The fraction of sp³-hybridized carbons (Fsp3) is 0.643. The van der Waals surface area contributed by atoms with Gasteiger partial charge in [0.25, 0.3) is 0 Å². The van der Waals surface area contributed by atoms with Crippen molar-refractivity contribution < 1.29 is 4.74 Å². The second-order valence-corrected chi connectivity index (χ2v) is 4.60. The quantitative estimate of drug-likeness (QED) is 0.765. The maximum absolute atomic E-state index is 5.53. The Labute approximate surface area is 98.0 Å². The van der Waals surface area contributed by atoms with Crippen LogP contribution in [0, 0.1) is 0 Å². The van der Waals surface area contributed by atoms with Gasteiger partial charge in [0.15, 0.2) is 0 Å². The molecule has 2 rings (SSSR count). The van der Waals surface area contributed by atoms with Crippen molar-refractivity contribution in [3.05, 3.63) is 24.0 Å². The maximum atomic E-state index is 5.53. The molecule has 0 N–H and O–H groups in total. The summed E-state index contributed by atoms with van der Waals surface area (Å²) >= 11 is 0. The van der Waals surface area contributed by atoms with E-state index in [9.17, 15) is 0 Å². The lowest BCUT2D eigenvalue weighted by molar-refractivity contribution is 0.315. The molecular formula is C14H21NO. The summed E-state index contributed by atoms with van der Waals surface area (Å²) in [5.41, 5.74) is 1.25. The smallest absolute Gasteiger partial charge is 0.137 e. The van der Waals surface area contributed by atoms with Gasteiger partial charge in [0, 0.05) is 11.6 Å². The number of pyridine rings is 1. The molecule has 0 unspecified atom stereocenters. The molecule has 1 aromatic rings. The predicted molar refractivity (Wildman–Crippen MR) is 65.8 cm³/mol. The monoisotopic (exact) mass is 219 g/mol. The molecule has 1 aliphatic carbocycles. The van der Waals surface area contributed by atoms with E-state index < -0.39 is 0 Å². The van der Waals surface area contributed by atoms with Gasteiger partial charge >= 0.3 is 0 Å². The Morgan fingerprint density at radius 1 is 1.25 bits per heavy atom. The SMILES string of the molecule is CCCOc1ccc(C2CCCCC2)nc1. The van der Waals surface area contributed by atoms with Crippen LogP contribution in [-0.2, 0) is 0 Å². The Bertz CT molecular complexity index is 301. The number of hydrogen-bond acceptors (Lipinski definition) is 2. The van der Waals surface area contributed by atoms with E-state index >= 15 is 0 Å². The first-order valence-electron chi connectivity index (χ1n) is 6.49. The first-order chi connectivity index (χ1) is 7.90.